The molecule has 2 aromatic rings. The van der Waals surface area contributed by atoms with Crippen molar-refractivity contribution in [3.8, 4) is 11.3 Å². The van der Waals surface area contributed by atoms with Crippen LogP contribution in [0.25, 0.3) is 11.3 Å². The lowest BCUT2D eigenvalue weighted by atomic mass is 9.85. The molecule has 0 spiro atoms. The van der Waals surface area contributed by atoms with Gasteiger partial charge in [0.1, 0.15) is 5.69 Å². The molecular weight excluding hydrogens is 292 g/mol. The van der Waals surface area contributed by atoms with Gasteiger partial charge in [-0.15, -0.1) is 0 Å². The van der Waals surface area contributed by atoms with Crippen LogP contribution in [0.15, 0.2) is 53.1 Å². The van der Waals surface area contributed by atoms with Gasteiger partial charge in [-0.1, -0.05) is 47.6 Å². The summed E-state index contributed by atoms with van der Waals surface area (Å²) in [6.07, 6.45) is 5.28. The van der Waals surface area contributed by atoms with E-state index in [-0.39, 0.29) is 30.2 Å². The van der Waals surface area contributed by atoms with Crippen molar-refractivity contribution in [2.24, 2.45) is 11.8 Å². The standard InChI is InChI=1S/C18H16N2O3/c21-17-14-8-4-5-9-15(14)18(22)20(17)11-13-10-16(23-19-13)12-6-2-1-3-7-12/h1-7,10,14-15H,8-9,11H2/t14-,15+. The number of carbonyl (C=O) groups is 2. The minimum Gasteiger partial charge on any atom is -0.356 e. The third-order valence-electron chi connectivity index (χ3n) is 4.54. The molecular formula is C18H16N2O3. The van der Waals surface area contributed by atoms with Crippen LogP contribution in [0, 0.1) is 11.8 Å². The van der Waals surface area contributed by atoms with Crippen molar-refractivity contribution in [3.63, 3.8) is 0 Å². The van der Waals surface area contributed by atoms with Crippen molar-refractivity contribution < 1.29 is 14.1 Å². The Hall–Kier alpha value is -2.69. The first-order chi connectivity index (χ1) is 11.2. The molecule has 1 aliphatic carbocycles. The summed E-state index contributed by atoms with van der Waals surface area (Å²) in [4.78, 5) is 26.2. The monoisotopic (exact) mass is 308 g/mol. The lowest BCUT2D eigenvalue weighted by Gasteiger charge is -2.14. The van der Waals surface area contributed by atoms with Crippen LogP contribution in [-0.2, 0) is 16.1 Å². The number of imide groups is 1. The predicted octanol–water partition coefficient (Wildman–Crippen LogP) is 2.79. The molecule has 2 heterocycles. The highest BCUT2D eigenvalue weighted by Gasteiger charge is 2.47. The number of fused-ring (bicyclic) bond motifs is 1. The summed E-state index contributed by atoms with van der Waals surface area (Å²) in [5, 5.41) is 4.01. The highest BCUT2D eigenvalue weighted by Crippen LogP contribution is 2.35. The topological polar surface area (TPSA) is 63.4 Å². The third-order valence-corrected chi connectivity index (χ3v) is 4.54. The van der Waals surface area contributed by atoms with E-state index in [1.54, 1.807) is 6.07 Å². The number of likely N-dealkylation sites (tertiary alicyclic amines) is 1. The number of amides is 2. The summed E-state index contributed by atoms with van der Waals surface area (Å²) < 4.78 is 5.34. The molecule has 5 nitrogen and oxygen atoms in total. The number of rotatable bonds is 3. The lowest BCUT2D eigenvalue weighted by molar-refractivity contribution is -0.140. The number of nitrogens with zero attached hydrogens (tertiary/aromatic N) is 2. The van der Waals surface area contributed by atoms with Crippen LogP contribution in [0.4, 0.5) is 0 Å². The van der Waals surface area contributed by atoms with E-state index in [1.165, 1.54) is 4.90 Å². The molecule has 23 heavy (non-hydrogen) atoms. The Kier molecular flexibility index (Phi) is 3.33. The third kappa shape index (κ3) is 2.38. The number of benzene rings is 1. The van der Waals surface area contributed by atoms with Crippen molar-refractivity contribution in [2.45, 2.75) is 19.4 Å². The second kappa shape index (κ2) is 5.50. The van der Waals surface area contributed by atoms with E-state index in [1.807, 2.05) is 42.5 Å². The maximum absolute atomic E-state index is 12.4. The fraction of sp³-hybridized carbons (Fsp3) is 0.278. The average molecular weight is 308 g/mol. The maximum atomic E-state index is 12.4. The van der Waals surface area contributed by atoms with Gasteiger partial charge in [-0.3, -0.25) is 14.5 Å². The van der Waals surface area contributed by atoms with Crippen LogP contribution in [0.5, 0.6) is 0 Å². The highest BCUT2D eigenvalue weighted by molar-refractivity contribution is 6.05. The van der Waals surface area contributed by atoms with E-state index >= 15 is 0 Å². The van der Waals surface area contributed by atoms with Gasteiger partial charge in [0.2, 0.25) is 11.8 Å². The number of hydrogen-bond acceptors (Lipinski definition) is 4. The van der Waals surface area contributed by atoms with Crippen LogP contribution in [-0.4, -0.2) is 21.9 Å². The molecule has 2 atom stereocenters. The van der Waals surface area contributed by atoms with Gasteiger partial charge in [0.05, 0.1) is 18.4 Å². The number of carbonyl (C=O) groups excluding carboxylic acids is 2. The maximum Gasteiger partial charge on any atom is 0.233 e. The molecule has 0 saturated carbocycles. The smallest absolute Gasteiger partial charge is 0.233 e. The van der Waals surface area contributed by atoms with Crippen LogP contribution in [0.3, 0.4) is 0 Å². The Bertz CT molecular complexity index is 753. The Morgan fingerprint density at radius 1 is 1.04 bits per heavy atom. The first-order valence-electron chi connectivity index (χ1n) is 7.75. The van der Waals surface area contributed by atoms with Gasteiger partial charge in [-0.05, 0) is 12.8 Å². The quantitative estimate of drug-likeness (QED) is 0.646. The fourth-order valence-electron chi connectivity index (χ4n) is 3.31. The van der Waals surface area contributed by atoms with Gasteiger partial charge in [0.25, 0.3) is 0 Å². The Labute approximate surface area is 133 Å². The summed E-state index contributed by atoms with van der Waals surface area (Å²) in [5.41, 5.74) is 1.51. The van der Waals surface area contributed by atoms with E-state index in [4.69, 9.17) is 4.52 Å². The van der Waals surface area contributed by atoms with E-state index < -0.39 is 0 Å². The first-order valence-corrected chi connectivity index (χ1v) is 7.75. The second-order valence-electron chi connectivity index (χ2n) is 5.97. The number of aromatic nitrogens is 1. The Morgan fingerprint density at radius 3 is 2.35 bits per heavy atom. The van der Waals surface area contributed by atoms with Crippen molar-refractivity contribution in [3.05, 3.63) is 54.2 Å². The molecule has 0 N–H and O–H groups in total. The Morgan fingerprint density at radius 2 is 1.70 bits per heavy atom. The van der Waals surface area contributed by atoms with Crippen LogP contribution < -0.4 is 0 Å². The zero-order valence-corrected chi connectivity index (χ0v) is 12.5. The normalized spacial score (nSPS) is 23.4. The minimum absolute atomic E-state index is 0.0892. The molecule has 1 aromatic heterocycles. The highest BCUT2D eigenvalue weighted by atomic mass is 16.5. The van der Waals surface area contributed by atoms with E-state index in [0.717, 1.165) is 5.56 Å². The number of hydrogen-bond donors (Lipinski definition) is 0. The SMILES string of the molecule is O=C1[C@H]2CC=CC[C@H]2C(=O)N1Cc1cc(-c2ccccc2)on1. The van der Waals surface area contributed by atoms with Gasteiger partial charge in [0, 0.05) is 11.6 Å². The Balaban J connectivity index is 1.54. The minimum atomic E-state index is -0.201. The molecule has 116 valence electrons. The zero-order chi connectivity index (χ0) is 15.8. The van der Waals surface area contributed by atoms with Crippen LogP contribution in [0.1, 0.15) is 18.5 Å². The molecule has 4 rings (SSSR count). The van der Waals surface area contributed by atoms with Crippen LogP contribution in [0.2, 0.25) is 0 Å². The van der Waals surface area contributed by atoms with Crippen molar-refractivity contribution in [1.29, 1.82) is 0 Å². The molecule has 1 saturated heterocycles. The summed E-state index contributed by atoms with van der Waals surface area (Å²) in [6, 6.07) is 11.4. The molecule has 2 amide bonds. The first kappa shape index (κ1) is 13.9. The van der Waals surface area contributed by atoms with E-state index in [9.17, 15) is 9.59 Å². The molecule has 0 radical (unpaired) electrons. The second-order valence-corrected chi connectivity index (χ2v) is 5.97. The van der Waals surface area contributed by atoms with E-state index in [2.05, 4.69) is 5.16 Å². The van der Waals surface area contributed by atoms with Gasteiger partial charge in [-0.2, -0.15) is 0 Å². The van der Waals surface area contributed by atoms with Gasteiger partial charge >= 0.3 is 0 Å². The molecule has 1 aromatic carbocycles. The lowest BCUT2D eigenvalue weighted by Crippen LogP contribution is -2.30. The zero-order valence-electron chi connectivity index (χ0n) is 12.5. The number of allylic oxidation sites excluding steroid dienone is 2. The molecule has 2 aliphatic rings. The van der Waals surface area contributed by atoms with Gasteiger partial charge in [0.15, 0.2) is 5.76 Å². The molecule has 1 fully saturated rings. The largest absolute Gasteiger partial charge is 0.356 e. The molecule has 0 bridgehead atoms. The van der Waals surface area contributed by atoms with Crippen LogP contribution >= 0.6 is 0 Å². The van der Waals surface area contributed by atoms with Gasteiger partial charge in [-0.25, -0.2) is 0 Å². The predicted molar refractivity (Wildman–Crippen MR) is 82.9 cm³/mol. The average Bonchev–Trinajstić information content (AvgIpc) is 3.16. The van der Waals surface area contributed by atoms with E-state index in [0.29, 0.717) is 24.3 Å². The summed E-state index contributed by atoms with van der Waals surface area (Å²) in [7, 11) is 0. The van der Waals surface area contributed by atoms with Crippen molar-refractivity contribution in [2.75, 3.05) is 0 Å². The fourth-order valence-corrected chi connectivity index (χ4v) is 3.31. The van der Waals surface area contributed by atoms with Crippen molar-refractivity contribution in [1.82, 2.24) is 10.1 Å². The molecule has 0 unspecified atom stereocenters. The molecule has 1 aliphatic heterocycles. The summed E-state index contributed by atoms with van der Waals surface area (Å²) >= 11 is 0. The van der Waals surface area contributed by atoms with Gasteiger partial charge < -0.3 is 4.52 Å². The summed E-state index contributed by atoms with van der Waals surface area (Å²) in [6.45, 7) is 0.182. The molecule has 5 heteroatoms. The van der Waals surface area contributed by atoms with Crippen molar-refractivity contribution >= 4 is 11.8 Å². The summed E-state index contributed by atoms with van der Waals surface area (Å²) in [5.74, 6) is 0.0574.